The molecule has 2 amide bonds. The molecule has 0 radical (unpaired) electrons. The van der Waals surface area contributed by atoms with E-state index in [1.807, 2.05) is 18.2 Å². The van der Waals surface area contributed by atoms with Crippen LogP contribution in [0, 0.1) is 5.92 Å². The molecule has 2 N–H and O–H groups in total. The van der Waals surface area contributed by atoms with Gasteiger partial charge in [-0.05, 0) is 77.5 Å². The van der Waals surface area contributed by atoms with Gasteiger partial charge in [0, 0.05) is 21.4 Å². The number of rotatable bonds is 4. The number of benzene rings is 2. The van der Waals surface area contributed by atoms with Gasteiger partial charge in [-0.15, -0.1) is 0 Å². The maximum absolute atomic E-state index is 12.3. The summed E-state index contributed by atoms with van der Waals surface area (Å²) in [5.41, 5.74) is 5.39. The summed E-state index contributed by atoms with van der Waals surface area (Å²) in [5.74, 6) is -0.0322. The topological polar surface area (TPSA) is 70.6 Å². The first-order chi connectivity index (χ1) is 13.0. The van der Waals surface area contributed by atoms with Crippen molar-refractivity contribution in [3.8, 4) is 0 Å². The average molecular weight is 428 g/mol. The summed E-state index contributed by atoms with van der Waals surface area (Å²) in [4.78, 5) is 24.6. The van der Waals surface area contributed by atoms with Crippen molar-refractivity contribution in [1.29, 1.82) is 0 Å². The van der Waals surface area contributed by atoms with E-state index in [0.29, 0.717) is 22.7 Å². The van der Waals surface area contributed by atoms with E-state index in [-0.39, 0.29) is 11.8 Å². The number of halogens is 1. The van der Waals surface area contributed by atoms with Crippen LogP contribution in [0.5, 0.6) is 0 Å². The summed E-state index contributed by atoms with van der Waals surface area (Å²) >= 11 is 3.37. The Balaban J connectivity index is 1.61. The maximum atomic E-state index is 12.3. The number of nitrogens with zero attached hydrogens (tertiary/aromatic N) is 1. The summed E-state index contributed by atoms with van der Waals surface area (Å²) in [6.45, 7) is 2.15. The average Bonchev–Trinajstić information content (AvgIpc) is 2.68. The second-order valence-electron chi connectivity index (χ2n) is 6.70. The monoisotopic (exact) mass is 427 g/mol. The zero-order valence-electron chi connectivity index (χ0n) is 15.2. The number of anilines is 1. The number of nitrogens with one attached hydrogen (secondary N) is 2. The van der Waals surface area contributed by atoms with Crippen molar-refractivity contribution in [2.45, 2.75) is 32.6 Å². The SMILES string of the molecule is C[C@@H]1CCCCC1=NNC(=O)c1ccc(NC(=O)c2ccccc2Br)cc1. The Hall–Kier alpha value is -2.47. The Morgan fingerprint density at radius 2 is 1.78 bits per heavy atom. The molecule has 0 saturated heterocycles. The van der Waals surface area contributed by atoms with Crippen LogP contribution in [0.15, 0.2) is 58.1 Å². The van der Waals surface area contributed by atoms with Gasteiger partial charge < -0.3 is 5.32 Å². The van der Waals surface area contributed by atoms with Gasteiger partial charge >= 0.3 is 0 Å². The summed E-state index contributed by atoms with van der Waals surface area (Å²) < 4.78 is 0.731. The number of hydrogen-bond donors (Lipinski definition) is 2. The zero-order chi connectivity index (χ0) is 19.2. The lowest BCUT2D eigenvalue weighted by Crippen LogP contribution is -2.24. The fourth-order valence-corrected chi connectivity index (χ4v) is 3.54. The molecule has 6 heteroatoms. The summed E-state index contributed by atoms with van der Waals surface area (Å²) in [6.07, 6.45) is 4.42. The fraction of sp³-hybridized carbons (Fsp3) is 0.286. The number of carbonyl (C=O) groups is 2. The van der Waals surface area contributed by atoms with E-state index >= 15 is 0 Å². The third kappa shape index (κ3) is 5.04. The van der Waals surface area contributed by atoms with E-state index in [1.165, 1.54) is 6.42 Å². The highest BCUT2D eigenvalue weighted by molar-refractivity contribution is 9.10. The van der Waals surface area contributed by atoms with Gasteiger partial charge in [0.25, 0.3) is 11.8 Å². The molecule has 1 saturated carbocycles. The van der Waals surface area contributed by atoms with Crippen LogP contribution in [0.2, 0.25) is 0 Å². The van der Waals surface area contributed by atoms with Gasteiger partial charge in [-0.3, -0.25) is 9.59 Å². The van der Waals surface area contributed by atoms with Crippen molar-refractivity contribution >= 4 is 39.1 Å². The number of hydrogen-bond acceptors (Lipinski definition) is 3. The van der Waals surface area contributed by atoms with Crippen molar-refractivity contribution in [2.24, 2.45) is 11.0 Å². The summed E-state index contributed by atoms with van der Waals surface area (Å²) in [5, 5.41) is 7.13. The first-order valence-corrected chi connectivity index (χ1v) is 9.86. The molecule has 0 heterocycles. The van der Waals surface area contributed by atoms with Gasteiger partial charge in [0.2, 0.25) is 0 Å². The van der Waals surface area contributed by atoms with Crippen LogP contribution in [0.25, 0.3) is 0 Å². The molecule has 1 atom stereocenters. The van der Waals surface area contributed by atoms with Crippen molar-refractivity contribution in [3.63, 3.8) is 0 Å². The smallest absolute Gasteiger partial charge is 0.271 e. The third-order valence-electron chi connectivity index (χ3n) is 4.71. The molecular formula is C21H22BrN3O2. The van der Waals surface area contributed by atoms with Gasteiger partial charge in [-0.1, -0.05) is 25.5 Å². The molecule has 0 aliphatic heterocycles. The minimum absolute atomic E-state index is 0.211. The van der Waals surface area contributed by atoms with E-state index in [1.54, 1.807) is 30.3 Å². The van der Waals surface area contributed by atoms with Crippen LogP contribution in [0.1, 0.15) is 53.3 Å². The highest BCUT2D eigenvalue weighted by Gasteiger charge is 2.16. The third-order valence-corrected chi connectivity index (χ3v) is 5.40. The Bertz CT molecular complexity index is 862. The normalized spacial score (nSPS) is 18.1. The predicted octanol–water partition coefficient (Wildman–Crippen LogP) is 5.00. The van der Waals surface area contributed by atoms with Crippen LogP contribution < -0.4 is 10.7 Å². The van der Waals surface area contributed by atoms with E-state index in [4.69, 9.17) is 0 Å². The Kier molecular flexibility index (Phi) is 6.40. The Morgan fingerprint density at radius 1 is 1.04 bits per heavy atom. The number of carbonyl (C=O) groups excluding carboxylic acids is 2. The molecule has 2 aromatic rings. The van der Waals surface area contributed by atoms with Crippen LogP contribution >= 0.6 is 15.9 Å². The molecule has 0 aromatic heterocycles. The van der Waals surface area contributed by atoms with Crippen LogP contribution in [0.4, 0.5) is 5.69 Å². The van der Waals surface area contributed by atoms with Crippen molar-refractivity contribution < 1.29 is 9.59 Å². The largest absolute Gasteiger partial charge is 0.322 e. The zero-order valence-corrected chi connectivity index (χ0v) is 16.8. The predicted molar refractivity (Wildman–Crippen MR) is 111 cm³/mol. The first kappa shape index (κ1) is 19.3. The molecule has 1 aliphatic rings. The molecule has 27 heavy (non-hydrogen) atoms. The second-order valence-corrected chi connectivity index (χ2v) is 7.56. The van der Waals surface area contributed by atoms with E-state index in [2.05, 4.69) is 38.7 Å². The van der Waals surface area contributed by atoms with Crippen molar-refractivity contribution in [2.75, 3.05) is 5.32 Å². The lowest BCUT2D eigenvalue weighted by molar-refractivity contribution is 0.0953. The molecule has 3 rings (SSSR count). The Labute approximate surface area is 167 Å². The Morgan fingerprint density at radius 3 is 2.48 bits per heavy atom. The van der Waals surface area contributed by atoms with Gasteiger partial charge in [-0.25, -0.2) is 5.43 Å². The summed E-state index contributed by atoms with van der Waals surface area (Å²) in [6, 6.07) is 14.0. The van der Waals surface area contributed by atoms with Crippen molar-refractivity contribution in [3.05, 3.63) is 64.1 Å². The lowest BCUT2D eigenvalue weighted by atomic mass is 9.89. The summed E-state index contributed by atoms with van der Waals surface area (Å²) in [7, 11) is 0. The number of hydrazone groups is 1. The second kappa shape index (κ2) is 8.95. The van der Waals surface area contributed by atoms with Gasteiger partial charge in [0.05, 0.1) is 5.56 Å². The fourth-order valence-electron chi connectivity index (χ4n) is 3.07. The molecule has 5 nitrogen and oxygen atoms in total. The molecule has 2 aromatic carbocycles. The molecule has 0 spiro atoms. The minimum Gasteiger partial charge on any atom is -0.322 e. The quantitative estimate of drug-likeness (QED) is 0.673. The lowest BCUT2D eigenvalue weighted by Gasteiger charge is -2.19. The van der Waals surface area contributed by atoms with E-state index < -0.39 is 0 Å². The highest BCUT2D eigenvalue weighted by atomic mass is 79.9. The van der Waals surface area contributed by atoms with Gasteiger partial charge in [0.15, 0.2) is 0 Å². The highest BCUT2D eigenvalue weighted by Crippen LogP contribution is 2.21. The van der Waals surface area contributed by atoms with E-state index in [9.17, 15) is 9.59 Å². The first-order valence-electron chi connectivity index (χ1n) is 9.07. The minimum atomic E-state index is -0.246. The molecule has 140 valence electrons. The van der Waals surface area contributed by atoms with Crippen molar-refractivity contribution in [1.82, 2.24) is 5.43 Å². The molecule has 1 aliphatic carbocycles. The molecular weight excluding hydrogens is 406 g/mol. The number of amides is 2. The molecule has 0 unspecified atom stereocenters. The molecule has 0 bridgehead atoms. The molecule has 1 fully saturated rings. The van der Waals surface area contributed by atoms with Gasteiger partial charge in [-0.2, -0.15) is 5.10 Å². The van der Waals surface area contributed by atoms with Gasteiger partial charge in [0.1, 0.15) is 0 Å². The standard InChI is InChI=1S/C21H22BrN3O2/c1-14-6-2-5-9-19(14)24-25-20(26)15-10-12-16(13-11-15)23-21(27)17-7-3-4-8-18(17)22/h3-4,7-8,10-14H,2,5-6,9H2,1H3,(H,23,27)(H,25,26)/t14-/m1/s1. The van der Waals surface area contributed by atoms with E-state index in [0.717, 1.165) is 29.4 Å². The van der Waals surface area contributed by atoms with Crippen LogP contribution in [0.3, 0.4) is 0 Å². The van der Waals surface area contributed by atoms with Crippen LogP contribution in [-0.4, -0.2) is 17.5 Å². The van der Waals surface area contributed by atoms with Crippen LogP contribution in [-0.2, 0) is 0 Å². The maximum Gasteiger partial charge on any atom is 0.271 e.